The van der Waals surface area contributed by atoms with Crippen LogP contribution in [0, 0.1) is 0 Å². The van der Waals surface area contributed by atoms with Crippen molar-refractivity contribution < 1.29 is 9.59 Å². The van der Waals surface area contributed by atoms with E-state index in [1.165, 1.54) is 0 Å². The van der Waals surface area contributed by atoms with Gasteiger partial charge in [-0.2, -0.15) is 5.10 Å². The van der Waals surface area contributed by atoms with Crippen LogP contribution >= 0.6 is 0 Å². The molecule has 0 spiro atoms. The van der Waals surface area contributed by atoms with Gasteiger partial charge in [0.1, 0.15) is 0 Å². The number of hydrogen-bond donors (Lipinski definition) is 0. The molecule has 2 aromatic rings. The van der Waals surface area contributed by atoms with Crippen LogP contribution in [0.1, 0.15) is 24.1 Å². The third kappa shape index (κ3) is 3.01. The molecule has 2 aliphatic rings. The first kappa shape index (κ1) is 15.8. The maximum atomic E-state index is 12.7. The molecule has 0 saturated carbocycles. The van der Waals surface area contributed by atoms with Gasteiger partial charge in [-0.1, -0.05) is 0 Å². The van der Waals surface area contributed by atoms with Crippen LogP contribution < -0.4 is 0 Å². The molecule has 0 aromatic carbocycles. The number of carbonyl (C=O) groups excluding carboxylic acids is 2. The predicted octanol–water partition coefficient (Wildman–Crippen LogP) is 0.760. The number of fused-ring (bicyclic) bond motifs is 1. The summed E-state index contributed by atoms with van der Waals surface area (Å²) in [6, 6.07) is 5.83. The Morgan fingerprint density at radius 3 is 2.76 bits per heavy atom. The van der Waals surface area contributed by atoms with Crippen LogP contribution in [0.25, 0.3) is 0 Å². The molecule has 2 amide bonds. The summed E-state index contributed by atoms with van der Waals surface area (Å²) in [4.78, 5) is 33.0. The molecule has 130 valence electrons. The normalized spacial score (nSPS) is 22.5. The second kappa shape index (κ2) is 6.31. The van der Waals surface area contributed by atoms with E-state index in [1.54, 1.807) is 17.1 Å². The molecule has 0 unspecified atom stereocenters. The first-order chi connectivity index (χ1) is 12.1. The van der Waals surface area contributed by atoms with E-state index in [9.17, 15) is 9.59 Å². The highest BCUT2D eigenvalue weighted by Gasteiger charge is 2.48. The van der Waals surface area contributed by atoms with E-state index in [1.807, 2.05) is 41.2 Å². The maximum absolute atomic E-state index is 12.7. The topological polar surface area (TPSA) is 71.3 Å². The highest BCUT2D eigenvalue weighted by atomic mass is 16.2. The fraction of sp³-hybridized carbons (Fsp3) is 0.444. The Morgan fingerprint density at radius 2 is 2.04 bits per heavy atom. The molecule has 2 atom stereocenters. The van der Waals surface area contributed by atoms with E-state index in [-0.39, 0.29) is 23.9 Å². The van der Waals surface area contributed by atoms with Gasteiger partial charge in [0.05, 0.1) is 24.2 Å². The molecule has 0 N–H and O–H groups in total. The Balaban J connectivity index is 1.45. The number of amides is 2. The van der Waals surface area contributed by atoms with Gasteiger partial charge in [0.2, 0.25) is 11.8 Å². The van der Waals surface area contributed by atoms with Gasteiger partial charge in [0.15, 0.2) is 0 Å². The average Bonchev–Trinajstić information content (AvgIpc) is 3.26. The summed E-state index contributed by atoms with van der Waals surface area (Å²) < 4.78 is 1.70. The Morgan fingerprint density at radius 1 is 1.24 bits per heavy atom. The lowest BCUT2D eigenvalue weighted by molar-refractivity contribution is -0.131. The number of pyridine rings is 1. The highest BCUT2D eigenvalue weighted by Crippen LogP contribution is 2.33. The standard InChI is InChI=1S/C18H21N5O2/c1-21-8-4-14(20-21)10-17(24)22-9-5-15-16(22)11-18(25)23(15)12-13-2-6-19-7-3-13/h2-4,6-8,15-16H,5,9-12H2,1H3/t15-,16+/m1/s1. The van der Waals surface area contributed by atoms with E-state index in [0.717, 1.165) is 17.7 Å². The molecule has 7 heteroatoms. The van der Waals surface area contributed by atoms with E-state index < -0.39 is 0 Å². The van der Waals surface area contributed by atoms with Gasteiger partial charge in [-0.15, -0.1) is 0 Å². The zero-order valence-corrected chi connectivity index (χ0v) is 14.2. The molecule has 0 bridgehead atoms. The molecule has 2 saturated heterocycles. The zero-order chi connectivity index (χ0) is 17.4. The number of aromatic nitrogens is 3. The maximum Gasteiger partial charge on any atom is 0.228 e. The van der Waals surface area contributed by atoms with Crippen LogP contribution in [0.2, 0.25) is 0 Å². The van der Waals surface area contributed by atoms with Crippen LogP contribution in [0.15, 0.2) is 36.8 Å². The zero-order valence-electron chi connectivity index (χ0n) is 14.2. The van der Waals surface area contributed by atoms with Crippen LogP contribution in [-0.4, -0.2) is 55.0 Å². The minimum atomic E-state index is -0.00875. The first-order valence-corrected chi connectivity index (χ1v) is 8.58. The Kier molecular flexibility index (Phi) is 3.99. The van der Waals surface area contributed by atoms with Crippen LogP contribution in [0.4, 0.5) is 0 Å². The molecule has 7 nitrogen and oxygen atoms in total. The van der Waals surface area contributed by atoms with E-state index in [0.29, 0.717) is 25.9 Å². The Hall–Kier alpha value is -2.70. The molecule has 2 aromatic heterocycles. The third-order valence-corrected chi connectivity index (χ3v) is 5.14. The van der Waals surface area contributed by atoms with Gasteiger partial charge >= 0.3 is 0 Å². The van der Waals surface area contributed by atoms with Gasteiger partial charge in [-0.3, -0.25) is 19.3 Å². The highest BCUT2D eigenvalue weighted by molar-refractivity contribution is 5.84. The molecular weight excluding hydrogens is 318 g/mol. The third-order valence-electron chi connectivity index (χ3n) is 5.14. The Bertz CT molecular complexity index is 788. The second-order valence-corrected chi connectivity index (χ2v) is 6.75. The lowest BCUT2D eigenvalue weighted by Gasteiger charge is -2.25. The van der Waals surface area contributed by atoms with Crippen molar-refractivity contribution in [3.05, 3.63) is 48.0 Å². The number of aryl methyl sites for hydroxylation is 1. The molecular formula is C18H21N5O2. The van der Waals surface area contributed by atoms with Crippen LogP contribution in [-0.2, 0) is 29.6 Å². The van der Waals surface area contributed by atoms with Gasteiger partial charge in [0.25, 0.3) is 0 Å². The van der Waals surface area contributed by atoms with Crippen molar-refractivity contribution in [1.29, 1.82) is 0 Å². The second-order valence-electron chi connectivity index (χ2n) is 6.75. The number of likely N-dealkylation sites (tertiary alicyclic amines) is 2. The first-order valence-electron chi connectivity index (χ1n) is 8.58. The van der Waals surface area contributed by atoms with Crippen LogP contribution in [0.5, 0.6) is 0 Å². The van der Waals surface area contributed by atoms with Gasteiger partial charge in [-0.05, 0) is 30.2 Å². The summed E-state index contributed by atoms with van der Waals surface area (Å²) >= 11 is 0. The van der Waals surface area contributed by atoms with E-state index in [2.05, 4.69) is 10.1 Å². The molecule has 0 aliphatic carbocycles. The monoisotopic (exact) mass is 339 g/mol. The van der Waals surface area contributed by atoms with Crippen molar-refractivity contribution in [2.24, 2.45) is 7.05 Å². The molecule has 2 aliphatic heterocycles. The van der Waals surface area contributed by atoms with Crippen molar-refractivity contribution in [1.82, 2.24) is 24.6 Å². The van der Waals surface area contributed by atoms with E-state index >= 15 is 0 Å². The van der Waals surface area contributed by atoms with Crippen molar-refractivity contribution in [3.8, 4) is 0 Å². The smallest absolute Gasteiger partial charge is 0.228 e. The lowest BCUT2D eigenvalue weighted by Crippen LogP contribution is -2.40. The summed E-state index contributed by atoms with van der Waals surface area (Å²) in [6.45, 7) is 1.30. The number of nitrogens with zero attached hydrogens (tertiary/aromatic N) is 5. The summed E-state index contributed by atoms with van der Waals surface area (Å²) in [7, 11) is 1.84. The van der Waals surface area contributed by atoms with Gasteiger partial charge < -0.3 is 9.80 Å². The van der Waals surface area contributed by atoms with Crippen molar-refractivity contribution in [2.45, 2.75) is 37.9 Å². The predicted molar refractivity (Wildman–Crippen MR) is 90.2 cm³/mol. The SMILES string of the molecule is Cn1ccc(CC(=O)N2CC[C@@H]3[C@@H]2CC(=O)N3Cc2ccncc2)n1. The van der Waals surface area contributed by atoms with Crippen molar-refractivity contribution in [3.63, 3.8) is 0 Å². The minimum Gasteiger partial charge on any atom is -0.337 e. The van der Waals surface area contributed by atoms with Crippen molar-refractivity contribution in [2.75, 3.05) is 6.54 Å². The molecule has 4 heterocycles. The summed E-state index contributed by atoms with van der Waals surface area (Å²) in [6.07, 6.45) is 6.88. The van der Waals surface area contributed by atoms with E-state index in [4.69, 9.17) is 0 Å². The van der Waals surface area contributed by atoms with Crippen LogP contribution in [0.3, 0.4) is 0 Å². The fourth-order valence-electron chi connectivity index (χ4n) is 3.94. The quantitative estimate of drug-likeness (QED) is 0.824. The molecule has 2 fully saturated rings. The molecule has 4 rings (SSSR count). The summed E-state index contributed by atoms with van der Waals surface area (Å²) in [5, 5.41) is 4.28. The average molecular weight is 339 g/mol. The molecule has 25 heavy (non-hydrogen) atoms. The number of carbonyl (C=O) groups is 2. The largest absolute Gasteiger partial charge is 0.337 e. The summed E-state index contributed by atoms with van der Waals surface area (Å²) in [5.41, 5.74) is 1.84. The summed E-state index contributed by atoms with van der Waals surface area (Å²) in [5.74, 6) is 0.187. The van der Waals surface area contributed by atoms with Crippen molar-refractivity contribution >= 4 is 11.8 Å². The fourth-order valence-corrected chi connectivity index (χ4v) is 3.94. The minimum absolute atomic E-state index is 0.00875. The lowest BCUT2D eigenvalue weighted by atomic mass is 10.1. The number of hydrogen-bond acceptors (Lipinski definition) is 4. The van der Waals surface area contributed by atoms with Gasteiger partial charge in [-0.25, -0.2) is 0 Å². The number of rotatable bonds is 4. The van der Waals surface area contributed by atoms with Gasteiger partial charge in [0, 0.05) is 45.1 Å². The molecule has 0 radical (unpaired) electrons. The Labute approximate surface area is 146 Å².